The second kappa shape index (κ2) is 10.7. The minimum atomic E-state index is -0.765. The van der Waals surface area contributed by atoms with Crippen LogP contribution in [-0.4, -0.2) is 30.6 Å². The molecule has 0 spiro atoms. The molecular formula is C24H23N3O5. The number of nitrogens with zero attached hydrogens (tertiary/aromatic N) is 1. The number of esters is 1. The molecule has 0 saturated carbocycles. The van der Waals surface area contributed by atoms with E-state index in [0.29, 0.717) is 35.1 Å². The van der Waals surface area contributed by atoms with Gasteiger partial charge in [-0.1, -0.05) is 17.7 Å². The lowest BCUT2D eigenvalue weighted by molar-refractivity contribution is -0.136. The van der Waals surface area contributed by atoms with Gasteiger partial charge in [-0.25, -0.2) is 4.79 Å². The maximum Gasteiger partial charge on any atom is 0.338 e. The Bertz CT molecular complexity index is 1120. The summed E-state index contributed by atoms with van der Waals surface area (Å²) in [6.45, 7) is 4.06. The molecule has 1 heterocycles. The van der Waals surface area contributed by atoms with Crippen molar-refractivity contribution < 1.29 is 23.5 Å². The second-order valence-corrected chi connectivity index (χ2v) is 6.83. The molecule has 3 rings (SSSR count). The van der Waals surface area contributed by atoms with Crippen molar-refractivity contribution in [2.24, 2.45) is 4.99 Å². The van der Waals surface area contributed by atoms with Crippen LogP contribution in [0.15, 0.2) is 70.1 Å². The first kappa shape index (κ1) is 22.5. The van der Waals surface area contributed by atoms with Gasteiger partial charge >= 0.3 is 17.8 Å². The normalized spacial score (nSPS) is 10.7. The molecule has 1 aromatic heterocycles. The summed E-state index contributed by atoms with van der Waals surface area (Å²) in [7, 11) is 0. The number of hydrogen-bond donors (Lipinski definition) is 2. The summed E-state index contributed by atoms with van der Waals surface area (Å²) in [6, 6.07) is 17.2. The van der Waals surface area contributed by atoms with Crippen molar-refractivity contribution in [3.63, 3.8) is 0 Å². The maximum atomic E-state index is 12.0. The van der Waals surface area contributed by atoms with Gasteiger partial charge in [0.1, 0.15) is 11.5 Å². The van der Waals surface area contributed by atoms with Crippen LogP contribution in [0, 0.1) is 6.92 Å². The quantitative estimate of drug-likeness (QED) is 0.335. The molecule has 0 bridgehead atoms. The molecular weight excluding hydrogens is 410 g/mol. The van der Waals surface area contributed by atoms with Crippen molar-refractivity contribution in [1.29, 1.82) is 0 Å². The Morgan fingerprint density at radius 3 is 2.38 bits per heavy atom. The summed E-state index contributed by atoms with van der Waals surface area (Å²) in [5.74, 6) is -0.950. The molecule has 0 radical (unpaired) electrons. The van der Waals surface area contributed by atoms with Gasteiger partial charge in [0.05, 0.1) is 30.6 Å². The summed E-state index contributed by atoms with van der Waals surface area (Å²) in [6.07, 6.45) is 1.52. The monoisotopic (exact) mass is 433 g/mol. The number of nitrogens with one attached hydrogen (secondary N) is 2. The first-order valence-corrected chi connectivity index (χ1v) is 10.0. The first-order valence-electron chi connectivity index (χ1n) is 10.0. The molecule has 2 aromatic carbocycles. The molecule has 0 unspecified atom stereocenters. The largest absolute Gasteiger partial charge is 0.462 e. The van der Waals surface area contributed by atoms with Crippen LogP contribution in [0.3, 0.4) is 0 Å². The van der Waals surface area contributed by atoms with Crippen molar-refractivity contribution in [2.75, 3.05) is 11.9 Å². The molecule has 32 heavy (non-hydrogen) atoms. The fourth-order valence-corrected chi connectivity index (χ4v) is 2.67. The molecule has 8 heteroatoms. The van der Waals surface area contributed by atoms with Crippen molar-refractivity contribution in [3.05, 3.63) is 83.3 Å². The molecule has 0 aliphatic carbocycles. The molecule has 0 atom stereocenters. The van der Waals surface area contributed by atoms with Crippen molar-refractivity contribution in [1.82, 2.24) is 5.32 Å². The number of carbonyl (C=O) groups is 3. The topological polar surface area (TPSA) is 110 Å². The third-order valence-electron chi connectivity index (χ3n) is 4.34. The van der Waals surface area contributed by atoms with Crippen LogP contribution in [-0.2, 0) is 20.9 Å². The van der Waals surface area contributed by atoms with Crippen LogP contribution < -0.4 is 10.6 Å². The molecule has 0 aliphatic rings. The average molecular weight is 433 g/mol. The summed E-state index contributed by atoms with van der Waals surface area (Å²) >= 11 is 0. The van der Waals surface area contributed by atoms with E-state index < -0.39 is 11.8 Å². The zero-order chi connectivity index (χ0) is 22.9. The smallest absolute Gasteiger partial charge is 0.338 e. The van der Waals surface area contributed by atoms with E-state index in [9.17, 15) is 14.4 Å². The number of rotatable bonds is 7. The number of amides is 2. The van der Waals surface area contributed by atoms with Gasteiger partial charge in [0.15, 0.2) is 0 Å². The Hall–Kier alpha value is -4.20. The molecule has 0 aliphatic heterocycles. The van der Waals surface area contributed by atoms with Gasteiger partial charge in [-0.15, -0.1) is 0 Å². The lowest BCUT2D eigenvalue weighted by atomic mass is 10.2. The van der Waals surface area contributed by atoms with Crippen LogP contribution in [0.5, 0.6) is 0 Å². The fourth-order valence-electron chi connectivity index (χ4n) is 2.67. The van der Waals surface area contributed by atoms with E-state index in [-0.39, 0.29) is 12.5 Å². The lowest BCUT2D eigenvalue weighted by Crippen LogP contribution is -2.34. The number of hydrogen-bond acceptors (Lipinski definition) is 6. The van der Waals surface area contributed by atoms with E-state index in [1.165, 1.54) is 6.21 Å². The first-order chi connectivity index (χ1) is 15.4. The standard InChI is InChI=1S/C24H23N3O5/c1-3-31-24(30)17-6-10-18(11-7-17)25-14-20-12-13-21(32-20)15-26-22(28)23(29)27-19-8-4-16(2)5-9-19/h4-14H,3,15H2,1-2H3,(H,26,28)(H,27,29). The second-order valence-electron chi connectivity index (χ2n) is 6.83. The summed E-state index contributed by atoms with van der Waals surface area (Å²) < 4.78 is 10.5. The average Bonchev–Trinajstić information content (AvgIpc) is 3.26. The zero-order valence-electron chi connectivity index (χ0n) is 17.8. The van der Waals surface area contributed by atoms with E-state index in [0.717, 1.165) is 5.56 Å². The van der Waals surface area contributed by atoms with Gasteiger partial charge in [-0.2, -0.15) is 0 Å². The summed E-state index contributed by atoms with van der Waals surface area (Å²) in [5, 5.41) is 5.05. The number of aliphatic imine (C=N–C) groups is 1. The Morgan fingerprint density at radius 1 is 0.969 bits per heavy atom. The Labute approximate surface area is 185 Å². The van der Waals surface area contributed by atoms with Crippen molar-refractivity contribution in [2.45, 2.75) is 20.4 Å². The minimum Gasteiger partial charge on any atom is -0.462 e. The van der Waals surface area contributed by atoms with Crippen LogP contribution >= 0.6 is 0 Å². The van der Waals surface area contributed by atoms with E-state index in [1.807, 2.05) is 19.1 Å². The predicted octanol–water partition coefficient (Wildman–Crippen LogP) is 3.77. The van der Waals surface area contributed by atoms with Gasteiger partial charge in [-0.3, -0.25) is 14.6 Å². The molecule has 8 nitrogen and oxygen atoms in total. The minimum absolute atomic E-state index is 0.0578. The van der Waals surface area contributed by atoms with E-state index >= 15 is 0 Å². The Balaban J connectivity index is 1.50. The van der Waals surface area contributed by atoms with Crippen LogP contribution in [0.2, 0.25) is 0 Å². The number of ether oxygens (including phenoxy) is 1. The Kier molecular flexibility index (Phi) is 7.53. The van der Waals surface area contributed by atoms with Crippen molar-refractivity contribution in [3.8, 4) is 0 Å². The van der Waals surface area contributed by atoms with E-state index in [4.69, 9.17) is 9.15 Å². The van der Waals surface area contributed by atoms with Gasteiger partial charge in [0.2, 0.25) is 0 Å². The highest BCUT2D eigenvalue weighted by Crippen LogP contribution is 2.15. The molecule has 0 fully saturated rings. The van der Waals surface area contributed by atoms with E-state index in [2.05, 4.69) is 15.6 Å². The number of carbonyl (C=O) groups excluding carboxylic acids is 3. The van der Waals surface area contributed by atoms with Gasteiger partial charge in [0, 0.05) is 5.69 Å². The van der Waals surface area contributed by atoms with Gasteiger partial charge in [0.25, 0.3) is 0 Å². The fraction of sp³-hybridized carbons (Fsp3) is 0.167. The van der Waals surface area contributed by atoms with Crippen LogP contribution in [0.4, 0.5) is 11.4 Å². The van der Waals surface area contributed by atoms with E-state index in [1.54, 1.807) is 55.5 Å². The highest BCUT2D eigenvalue weighted by Gasteiger charge is 2.14. The number of benzene rings is 2. The lowest BCUT2D eigenvalue weighted by Gasteiger charge is -2.05. The van der Waals surface area contributed by atoms with Crippen LogP contribution in [0.25, 0.3) is 0 Å². The summed E-state index contributed by atoms with van der Waals surface area (Å²) in [5.41, 5.74) is 2.69. The van der Waals surface area contributed by atoms with Crippen LogP contribution in [0.1, 0.15) is 34.4 Å². The van der Waals surface area contributed by atoms with Gasteiger partial charge < -0.3 is 19.8 Å². The highest BCUT2D eigenvalue weighted by molar-refractivity contribution is 6.39. The molecule has 3 aromatic rings. The molecule has 2 amide bonds. The number of furan rings is 1. The third kappa shape index (κ3) is 6.40. The summed E-state index contributed by atoms with van der Waals surface area (Å²) in [4.78, 5) is 39.9. The molecule has 164 valence electrons. The zero-order valence-corrected chi connectivity index (χ0v) is 17.8. The molecule has 2 N–H and O–H groups in total. The Morgan fingerprint density at radius 2 is 1.69 bits per heavy atom. The van der Waals surface area contributed by atoms with Crippen molar-refractivity contribution >= 4 is 35.4 Å². The highest BCUT2D eigenvalue weighted by atomic mass is 16.5. The predicted molar refractivity (Wildman–Crippen MR) is 120 cm³/mol. The number of aryl methyl sites for hydroxylation is 1. The van der Waals surface area contributed by atoms with Gasteiger partial charge in [-0.05, 0) is 62.4 Å². The number of anilines is 1. The third-order valence-corrected chi connectivity index (χ3v) is 4.34. The SMILES string of the molecule is CCOC(=O)c1ccc(N=Cc2ccc(CNC(=O)C(=O)Nc3ccc(C)cc3)o2)cc1. The maximum absolute atomic E-state index is 12.0. The molecule has 0 saturated heterocycles.